The van der Waals surface area contributed by atoms with Crippen molar-refractivity contribution in [1.82, 2.24) is 9.88 Å². The number of hydrogen-bond donors (Lipinski definition) is 2. The topological polar surface area (TPSA) is 97.5 Å². The Balaban J connectivity index is 1.24. The number of ether oxygens (including phenoxy) is 1. The number of benzene rings is 2. The number of carbonyl (C=O) groups is 2. The highest BCUT2D eigenvalue weighted by Gasteiger charge is 2.49. The van der Waals surface area contributed by atoms with Crippen LogP contribution in [-0.4, -0.2) is 34.8 Å². The fourth-order valence-electron chi connectivity index (χ4n) is 5.67. The monoisotopic (exact) mass is 568 g/mol. The van der Waals surface area contributed by atoms with E-state index in [2.05, 4.69) is 10.3 Å². The van der Waals surface area contributed by atoms with Crippen molar-refractivity contribution in [3.8, 4) is 16.9 Å². The highest BCUT2D eigenvalue weighted by atomic mass is 35.5. The predicted octanol–water partition coefficient (Wildman–Crippen LogP) is 6.14. The van der Waals surface area contributed by atoms with Gasteiger partial charge in [0, 0.05) is 47.0 Å². The van der Waals surface area contributed by atoms with Crippen LogP contribution < -0.4 is 15.8 Å². The fraction of sp³-hybridized carbons (Fsp3) is 0.345. The number of carbonyl (C=O) groups excluding carboxylic acids is 2. The average Bonchev–Trinajstić information content (AvgIpc) is 3.74. The third kappa shape index (κ3) is 4.49. The van der Waals surface area contributed by atoms with Crippen LogP contribution in [0.15, 0.2) is 42.6 Å². The minimum Gasteiger partial charge on any atom is -0.482 e. The standard InChI is InChI=1S/C29H27Cl2FN4O3/c1-15(24-20(30)6-7-21(32)25(24)31)39-23-13-18(14-34-26(23)33)17-4-5-19-22(12-17)35-28(38)29(19)8-10-36(11-9-29)27(37)16-2-3-16/h4-7,12-16H,2-3,8-11H2,1H3,(H2,33,34)(H,35,38)/t15-/m1/s1. The molecule has 6 rings (SSSR count). The van der Waals surface area contributed by atoms with Crippen molar-refractivity contribution in [2.24, 2.45) is 5.92 Å². The zero-order valence-corrected chi connectivity index (χ0v) is 22.8. The molecule has 1 saturated carbocycles. The number of pyridine rings is 1. The summed E-state index contributed by atoms with van der Waals surface area (Å²) >= 11 is 12.4. The number of nitrogens with zero attached hydrogens (tertiary/aromatic N) is 2. The lowest BCUT2D eigenvalue weighted by Crippen LogP contribution is -2.48. The van der Waals surface area contributed by atoms with E-state index in [4.69, 9.17) is 33.7 Å². The molecule has 1 spiro atoms. The quantitative estimate of drug-likeness (QED) is 0.360. The maximum atomic E-state index is 14.1. The molecule has 3 aromatic rings. The molecule has 202 valence electrons. The maximum Gasteiger partial charge on any atom is 0.235 e. The van der Waals surface area contributed by atoms with E-state index in [-0.39, 0.29) is 33.6 Å². The molecule has 3 aliphatic rings. The molecule has 2 aromatic carbocycles. The van der Waals surface area contributed by atoms with Gasteiger partial charge in [-0.25, -0.2) is 9.37 Å². The van der Waals surface area contributed by atoms with Gasteiger partial charge in [-0.15, -0.1) is 0 Å². The zero-order valence-electron chi connectivity index (χ0n) is 21.3. The molecule has 1 aromatic heterocycles. The largest absolute Gasteiger partial charge is 0.482 e. The summed E-state index contributed by atoms with van der Waals surface area (Å²) < 4.78 is 20.1. The molecular weight excluding hydrogens is 542 g/mol. The maximum absolute atomic E-state index is 14.1. The normalized spacial score (nSPS) is 18.6. The first-order valence-corrected chi connectivity index (χ1v) is 13.7. The SMILES string of the molecule is C[C@@H](Oc1cc(-c2ccc3c(c2)NC(=O)C32CCN(C(=O)C3CC3)CC2)cnc1N)c1c(Cl)ccc(F)c1Cl. The van der Waals surface area contributed by atoms with Gasteiger partial charge >= 0.3 is 0 Å². The molecule has 1 aliphatic carbocycles. The number of nitrogen functional groups attached to an aromatic ring is 1. The summed E-state index contributed by atoms with van der Waals surface area (Å²) in [6, 6.07) is 10.2. The van der Waals surface area contributed by atoms with Gasteiger partial charge in [0.2, 0.25) is 11.8 Å². The average molecular weight is 569 g/mol. The second kappa shape index (κ2) is 9.68. The number of nitrogens with one attached hydrogen (secondary N) is 1. The van der Waals surface area contributed by atoms with Crippen LogP contribution in [0, 0.1) is 11.7 Å². The van der Waals surface area contributed by atoms with Crippen molar-refractivity contribution < 1.29 is 18.7 Å². The molecule has 7 nitrogen and oxygen atoms in total. The summed E-state index contributed by atoms with van der Waals surface area (Å²) in [6.07, 6.45) is 4.10. The summed E-state index contributed by atoms with van der Waals surface area (Å²) in [7, 11) is 0. The van der Waals surface area contributed by atoms with E-state index in [0.29, 0.717) is 37.2 Å². The molecule has 10 heteroatoms. The zero-order chi connectivity index (χ0) is 27.5. The number of piperidine rings is 1. The lowest BCUT2D eigenvalue weighted by molar-refractivity contribution is -0.136. The van der Waals surface area contributed by atoms with Gasteiger partial charge < -0.3 is 20.7 Å². The second-order valence-corrected chi connectivity index (χ2v) is 11.3. The van der Waals surface area contributed by atoms with Crippen molar-refractivity contribution >= 4 is 46.5 Å². The van der Waals surface area contributed by atoms with Gasteiger partial charge in [-0.05, 0) is 68.0 Å². The molecule has 2 aliphatic heterocycles. The minimum absolute atomic E-state index is 0.0229. The van der Waals surface area contributed by atoms with E-state index in [1.807, 2.05) is 23.1 Å². The van der Waals surface area contributed by atoms with Gasteiger partial charge in [0.05, 0.1) is 10.4 Å². The molecule has 2 amide bonds. The van der Waals surface area contributed by atoms with Crippen LogP contribution in [-0.2, 0) is 15.0 Å². The van der Waals surface area contributed by atoms with Crippen LogP contribution in [0.1, 0.15) is 49.8 Å². The predicted molar refractivity (Wildman–Crippen MR) is 148 cm³/mol. The lowest BCUT2D eigenvalue weighted by Gasteiger charge is -2.38. The molecule has 3 N–H and O–H groups in total. The first kappa shape index (κ1) is 25.9. The molecule has 0 unspecified atom stereocenters. The molecule has 0 bridgehead atoms. The Kier molecular flexibility index (Phi) is 6.43. The van der Waals surface area contributed by atoms with Gasteiger partial charge in [0.25, 0.3) is 0 Å². The van der Waals surface area contributed by atoms with Crippen LogP contribution >= 0.6 is 23.2 Å². The molecule has 2 fully saturated rings. The Labute approximate surface area is 235 Å². The Bertz CT molecular complexity index is 1500. The van der Waals surface area contributed by atoms with Gasteiger partial charge in [-0.3, -0.25) is 9.59 Å². The van der Waals surface area contributed by atoms with Gasteiger partial charge in [-0.2, -0.15) is 0 Å². The van der Waals surface area contributed by atoms with E-state index in [0.717, 1.165) is 35.2 Å². The Morgan fingerprint density at radius 2 is 1.92 bits per heavy atom. The van der Waals surface area contributed by atoms with E-state index < -0.39 is 17.3 Å². The van der Waals surface area contributed by atoms with Gasteiger partial charge in [0.1, 0.15) is 11.9 Å². The summed E-state index contributed by atoms with van der Waals surface area (Å²) in [5.74, 6) is 0.249. The fourth-order valence-corrected chi connectivity index (χ4v) is 6.35. The number of nitrogens with two attached hydrogens (primary N) is 1. The lowest BCUT2D eigenvalue weighted by atomic mass is 9.73. The Morgan fingerprint density at radius 3 is 2.64 bits per heavy atom. The van der Waals surface area contributed by atoms with Crippen LogP contribution in [0.5, 0.6) is 5.75 Å². The number of halogens is 3. The van der Waals surface area contributed by atoms with Crippen LogP contribution in [0.2, 0.25) is 10.0 Å². The van der Waals surface area contributed by atoms with Gasteiger partial charge in [-0.1, -0.05) is 35.3 Å². The highest BCUT2D eigenvalue weighted by molar-refractivity contribution is 6.36. The summed E-state index contributed by atoms with van der Waals surface area (Å²) in [5, 5.41) is 3.23. The second-order valence-electron chi connectivity index (χ2n) is 10.5. The van der Waals surface area contributed by atoms with E-state index in [1.54, 1.807) is 19.2 Å². The minimum atomic E-state index is -0.697. The van der Waals surface area contributed by atoms with Crippen LogP contribution in [0.25, 0.3) is 11.1 Å². The molecule has 3 heterocycles. The highest BCUT2D eigenvalue weighted by Crippen LogP contribution is 2.47. The third-order valence-corrected chi connectivity index (χ3v) is 8.79. The van der Waals surface area contributed by atoms with Crippen molar-refractivity contribution in [2.45, 2.75) is 44.1 Å². The van der Waals surface area contributed by atoms with Crippen molar-refractivity contribution in [1.29, 1.82) is 0 Å². The van der Waals surface area contributed by atoms with Crippen LogP contribution in [0.3, 0.4) is 0 Å². The first-order chi connectivity index (χ1) is 18.7. The third-order valence-electron chi connectivity index (χ3n) is 8.08. The number of likely N-dealkylation sites (tertiary alicyclic amines) is 1. The van der Waals surface area contributed by atoms with Crippen molar-refractivity contribution in [3.05, 3.63) is 69.6 Å². The number of amides is 2. The van der Waals surface area contributed by atoms with E-state index in [9.17, 15) is 14.0 Å². The smallest absolute Gasteiger partial charge is 0.235 e. The number of hydrogen-bond acceptors (Lipinski definition) is 5. The van der Waals surface area contributed by atoms with Crippen molar-refractivity contribution in [3.63, 3.8) is 0 Å². The molecular formula is C29H27Cl2FN4O3. The Hall–Kier alpha value is -3.36. The number of fused-ring (bicyclic) bond motifs is 2. The van der Waals surface area contributed by atoms with E-state index >= 15 is 0 Å². The Morgan fingerprint density at radius 1 is 1.18 bits per heavy atom. The molecule has 1 saturated heterocycles. The van der Waals surface area contributed by atoms with Crippen molar-refractivity contribution in [2.75, 3.05) is 24.1 Å². The van der Waals surface area contributed by atoms with E-state index in [1.165, 1.54) is 12.1 Å². The first-order valence-electron chi connectivity index (χ1n) is 13.0. The molecule has 0 radical (unpaired) electrons. The summed E-state index contributed by atoms with van der Waals surface area (Å²) in [6.45, 7) is 2.88. The number of rotatable bonds is 5. The number of anilines is 2. The van der Waals surface area contributed by atoms with Gasteiger partial charge in [0.15, 0.2) is 11.6 Å². The molecule has 39 heavy (non-hydrogen) atoms. The number of aromatic nitrogens is 1. The summed E-state index contributed by atoms with van der Waals surface area (Å²) in [4.78, 5) is 31.9. The molecule has 1 atom stereocenters. The van der Waals surface area contributed by atoms with Crippen LogP contribution in [0.4, 0.5) is 15.9 Å². The summed E-state index contributed by atoms with van der Waals surface area (Å²) in [5.41, 5.74) is 9.05.